The molecule has 0 spiro atoms. The fourth-order valence-electron chi connectivity index (χ4n) is 2.25. The molecule has 0 amide bonds. The number of thiophene rings is 1. The Kier molecular flexibility index (Phi) is 4.52. The van der Waals surface area contributed by atoms with Crippen LogP contribution in [0, 0.1) is 0 Å². The Balaban J connectivity index is 1.96. The van der Waals surface area contributed by atoms with Gasteiger partial charge in [-0.2, -0.15) is 0 Å². The Morgan fingerprint density at radius 3 is 3.17 bits per heavy atom. The summed E-state index contributed by atoms with van der Waals surface area (Å²) in [6.45, 7) is 2.09. The molecule has 0 aromatic carbocycles. The molecule has 1 aromatic rings. The highest BCUT2D eigenvalue weighted by Crippen LogP contribution is 2.23. The quantitative estimate of drug-likeness (QED) is 0.799. The summed E-state index contributed by atoms with van der Waals surface area (Å²) < 4.78 is 0. The maximum atomic E-state index is 10.4. The van der Waals surface area contributed by atoms with E-state index in [2.05, 4.69) is 4.90 Å². The van der Waals surface area contributed by atoms with E-state index in [0.29, 0.717) is 0 Å². The molecule has 4 nitrogen and oxygen atoms in total. The van der Waals surface area contributed by atoms with Crippen molar-refractivity contribution in [3.05, 3.63) is 28.0 Å². The fraction of sp³-hybridized carbons (Fsp3) is 0.462. The van der Waals surface area contributed by atoms with Crippen LogP contribution in [0.25, 0.3) is 6.08 Å². The second-order valence-electron chi connectivity index (χ2n) is 4.47. The standard InChI is InChI=1S/C13H17NO3S/c15-8-11-2-1-5-14(11)7-12-6-10(9-18-12)3-4-13(16)17/h3-4,6,9,11,15H,1-2,5,7-8H2,(H,16,17). The topological polar surface area (TPSA) is 60.8 Å². The average Bonchev–Trinajstić information content (AvgIpc) is 2.96. The highest BCUT2D eigenvalue weighted by atomic mass is 32.1. The molecule has 0 saturated carbocycles. The van der Waals surface area contributed by atoms with Gasteiger partial charge in [0.1, 0.15) is 0 Å². The lowest BCUT2D eigenvalue weighted by atomic mass is 10.2. The van der Waals surface area contributed by atoms with E-state index in [0.717, 1.165) is 37.6 Å². The van der Waals surface area contributed by atoms with Crippen molar-refractivity contribution in [1.82, 2.24) is 4.90 Å². The van der Waals surface area contributed by atoms with Crippen molar-refractivity contribution in [2.24, 2.45) is 0 Å². The maximum absolute atomic E-state index is 10.4. The average molecular weight is 267 g/mol. The predicted molar refractivity (Wildman–Crippen MR) is 71.5 cm³/mol. The van der Waals surface area contributed by atoms with Crippen molar-refractivity contribution in [3.8, 4) is 0 Å². The van der Waals surface area contributed by atoms with Crippen LogP contribution in [-0.2, 0) is 11.3 Å². The summed E-state index contributed by atoms with van der Waals surface area (Å²) in [6, 6.07) is 2.29. The molecule has 1 unspecified atom stereocenters. The molecule has 0 aliphatic carbocycles. The Hall–Kier alpha value is -1.17. The van der Waals surface area contributed by atoms with E-state index >= 15 is 0 Å². The summed E-state index contributed by atoms with van der Waals surface area (Å²) >= 11 is 1.63. The van der Waals surface area contributed by atoms with Crippen LogP contribution in [0.5, 0.6) is 0 Å². The lowest BCUT2D eigenvalue weighted by Crippen LogP contribution is -2.31. The number of carbonyl (C=O) groups is 1. The van der Waals surface area contributed by atoms with Crippen molar-refractivity contribution >= 4 is 23.4 Å². The van der Waals surface area contributed by atoms with Crippen molar-refractivity contribution in [2.75, 3.05) is 13.2 Å². The molecule has 0 radical (unpaired) electrons. The van der Waals surface area contributed by atoms with Gasteiger partial charge in [-0.05, 0) is 42.5 Å². The normalized spacial score (nSPS) is 20.8. The number of aliphatic hydroxyl groups excluding tert-OH is 1. The molecular formula is C13H17NO3S. The van der Waals surface area contributed by atoms with E-state index in [4.69, 9.17) is 5.11 Å². The summed E-state index contributed by atoms with van der Waals surface area (Å²) in [7, 11) is 0. The van der Waals surface area contributed by atoms with Gasteiger partial charge < -0.3 is 10.2 Å². The Bertz CT molecular complexity index is 441. The Morgan fingerprint density at radius 1 is 1.61 bits per heavy atom. The fourth-order valence-corrected chi connectivity index (χ4v) is 3.12. The molecule has 1 aliphatic rings. The molecule has 1 saturated heterocycles. The highest BCUT2D eigenvalue weighted by molar-refractivity contribution is 7.10. The smallest absolute Gasteiger partial charge is 0.328 e. The molecule has 0 bridgehead atoms. The largest absolute Gasteiger partial charge is 0.478 e. The number of carboxylic acids is 1. The third-order valence-electron chi connectivity index (χ3n) is 3.16. The van der Waals surface area contributed by atoms with Gasteiger partial charge >= 0.3 is 5.97 Å². The van der Waals surface area contributed by atoms with Gasteiger partial charge in [0.25, 0.3) is 0 Å². The summed E-state index contributed by atoms with van der Waals surface area (Å²) in [6.07, 6.45) is 4.96. The highest BCUT2D eigenvalue weighted by Gasteiger charge is 2.23. The molecule has 5 heteroatoms. The first kappa shape index (κ1) is 13.3. The van der Waals surface area contributed by atoms with Gasteiger partial charge in [0.05, 0.1) is 6.61 Å². The van der Waals surface area contributed by atoms with E-state index in [9.17, 15) is 9.90 Å². The molecule has 18 heavy (non-hydrogen) atoms. The van der Waals surface area contributed by atoms with Gasteiger partial charge in [-0.25, -0.2) is 4.79 Å². The molecule has 1 aliphatic heterocycles. The third-order valence-corrected chi connectivity index (χ3v) is 4.10. The molecule has 1 aromatic heterocycles. The molecule has 1 fully saturated rings. The van der Waals surface area contributed by atoms with Gasteiger partial charge in [-0.15, -0.1) is 11.3 Å². The summed E-state index contributed by atoms with van der Waals surface area (Å²) in [4.78, 5) is 13.9. The number of hydrogen-bond acceptors (Lipinski definition) is 4. The lowest BCUT2D eigenvalue weighted by molar-refractivity contribution is -0.131. The number of aliphatic carboxylic acids is 1. The van der Waals surface area contributed by atoms with Crippen LogP contribution in [-0.4, -0.2) is 40.3 Å². The zero-order valence-corrected chi connectivity index (χ0v) is 10.9. The van der Waals surface area contributed by atoms with Crippen LogP contribution >= 0.6 is 11.3 Å². The second kappa shape index (κ2) is 6.13. The van der Waals surface area contributed by atoms with Gasteiger partial charge in [0, 0.05) is 23.5 Å². The maximum Gasteiger partial charge on any atom is 0.328 e. The molecule has 2 N–H and O–H groups in total. The molecule has 98 valence electrons. The van der Waals surface area contributed by atoms with Gasteiger partial charge in [-0.1, -0.05) is 0 Å². The van der Waals surface area contributed by atoms with E-state index in [1.54, 1.807) is 17.4 Å². The zero-order valence-electron chi connectivity index (χ0n) is 10.1. The molecule has 2 rings (SSSR count). The number of nitrogens with zero attached hydrogens (tertiary/aromatic N) is 1. The zero-order chi connectivity index (χ0) is 13.0. The summed E-state index contributed by atoms with van der Waals surface area (Å²) in [5.74, 6) is -0.928. The van der Waals surface area contributed by atoms with E-state index < -0.39 is 5.97 Å². The monoisotopic (exact) mass is 267 g/mol. The van der Waals surface area contributed by atoms with Crippen LogP contribution in [0.2, 0.25) is 0 Å². The van der Waals surface area contributed by atoms with E-state index in [1.165, 1.54) is 4.88 Å². The third kappa shape index (κ3) is 3.41. The van der Waals surface area contributed by atoms with Crippen LogP contribution in [0.4, 0.5) is 0 Å². The first-order valence-electron chi connectivity index (χ1n) is 6.02. The minimum Gasteiger partial charge on any atom is -0.478 e. The lowest BCUT2D eigenvalue weighted by Gasteiger charge is -2.21. The first-order chi connectivity index (χ1) is 8.69. The van der Waals surface area contributed by atoms with Crippen LogP contribution in [0.15, 0.2) is 17.5 Å². The van der Waals surface area contributed by atoms with Gasteiger partial charge in [0.15, 0.2) is 0 Å². The minimum atomic E-state index is -0.928. The molecule has 1 atom stereocenters. The van der Waals surface area contributed by atoms with Gasteiger partial charge in [0.2, 0.25) is 0 Å². The van der Waals surface area contributed by atoms with Crippen molar-refractivity contribution in [2.45, 2.75) is 25.4 Å². The minimum absolute atomic E-state index is 0.219. The first-order valence-corrected chi connectivity index (χ1v) is 6.90. The summed E-state index contributed by atoms with van der Waals surface area (Å²) in [5.41, 5.74) is 0.928. The molecule has 2 heterocycles. The second-order valence-corrected chi connectivity index (χ2v) is 5.46. The van der Waals surface area contributed by atoms with E-state index in [1.807, 2.05) is 11.4 Å². The number of rotatable bonds is 5. The number of likely N-dealkylation sites (tertiary alicyclic amines) is 1. The predicted octanol–water partition coefficient (Wildman–Crippen LogP) is 1.80. The molecular weight excluding hydrogens is 250 g/mol. The Morgan fingerprint density at radius 2 is 2.44 bits per heavy atom. The van der Waals surface area contributed by atoms with E-state index in [-0.39, 0.29) is 12.6 Å². The van der Waals surface area contributed by atoms with Crippen LogP contribution < -0.4 is 0 Å². The number of aliphatic hydroxyl groups is 1. The van der Waals surface area contributed by atoms with Crippen molar-refractivity contribution in [1.29, 1.82) is 0 Å². The Labute approximate surface area is 110 Å². The van der Waals surface area contributed by atoms with Crippen molar-refractivity contribution < 1.29 is 15.0 Å². The van der Waals surface area contributed by atoms with Crippen LogP contribution in [0.3, 0.4) is 0 Å². The number of hydrogen-bond donors (Lipinski definition) is 2. The number of carboxylic acid groups (broad SMARTS) is 1. The van der Waals surface area contributed by atoms with Crippen LogP contribution in [0.1, 0.15) is 23.3 Å². The van der Waals surface area contributed by atoms with Crippen molar-refractivity contribution in [3.63, 3.8) is 0 Å². The van der Waals surface area contributed by atoms with Gasteiger partial charge in [-0.3, -0.25) is 4.90 Å². The summed E-state index contributed by atoms with van der Waals surface area (Å²) in [5, 5.41) is 19.8. The SMILES string of the molecule is O=C(O)C=Cc1csc(CN2CCCC2CO)c1.